The summed E-state index contributed by atoms with van der Waals surface area (Å²) in [6, 6.07) is 0. The first-order valence-corrected chi connectivity index (χ1v) is 2.18. The summed E-state index contributed by atoms with van der Waals surface area (Å²) in [5, 5.41) is 8.62. The summed E-state index contributed by atoms with van der Waals surface area (Å²) in [5.74, 6) is 0.285. The first-order chi connectivity index (χ1) is 3.70. The molecule has 5 nitrogen and oxygen atoms in total. The van der Waals surface area contributed by atoms with Gasteiger partial charge in [0.25, 0.3) is 0 Å². The maximum absolute atomic E-state index is 8.62. The molecule has 0 unspecified atom stereocenters. The van der Waals surface area contributed by atoms with Gasteiger partial charge in [0.15, 0.2) is 0 Å². The van der Waals surface area contributed by atoms with Gasteiger partial charge in [-0.05, 0) is 0 Å². The minimum atomic E-state index is -0.0370. The fraction of sp³-hybridized carbons (Fsp3) is 0.250. The second-order valence-electron chi connectivity index (χ2n) is 1.57. The molecule has 5 N–H and O–H groups in total. The molecule has 5 heteroatoms. The summed E-state index contributed by atoms with van der Waals surface area (Å²) < 4.78 is 1.54. The Kier molecular flexibility index (Phi) is 2.04. The summed E-state index contributed by atoms with van der Waals surface area (Å²) in [6.07, 6.45) is 1.44. The van der Waals surface area contributed by atoms with Crippen molar-refractivity contribution in [1.29, 1.82) is 0 Å². The number of aromatic nitrogens is 2. The highest BCUT2D eigenvalue weighted by Gasteiger charge is 1.95. The third-order valence-corrected chi connectivity index (χ3v) is 0.900. The fourth-order valence-corrected chi connectivity index (χ4v) is 0.464. The molecule has 1 rings (SSSR count). The predicted molar refractivity (Wildman–Crippen MR) is 32.9 cm³/mol. The van der Waals surface area contributed by atoms with E-state index in [0.29, 0.717) is 5.95 Å². The van der Waals surface area contributed by atoms with Gasteiger partial charge in [0.2, 0.25) is 11.8 Å². The van der Waals surface area contributed by atoms with Crippen LogP contribution >= 0.6 is 0 Å². The molecule has 0 fully saturated rings. The summed E-state index contributed by atoms with van der Waals surface area (Å²) in [5.41, 5.74) is 5.23. The molecule has 1 aromatic heterocycles. The molecule has 0 aliphatic rings. The molecule has 0 bridgehead atoms. The lowest BCUT2D eigenvalue weighted by molar-refractivity contribution is 0.456. The molecule has 0 saturated heterocycles. The molecule has 0 spiro atoms. The third-order valence-electron chi connectivity index (χ3n) is 0.900. The molecule has 0 saturated carbocycles. The smallest absolute Gasteiger partial charge is 0.230 e. The molecule has 0 radical (unpaired) electrons. The third kappa shape index (κ3) is 1.33. The molecule has 9 heavy (non-hydrogen) atoms. The highest BCUT2D eigenvalue weighted by atomic mass is 16.3. The van der Waals surface area contributed by atoms with Gasteiger partial charge in [-0.3, -0.25) is 0 Å². The first kappa shape index (κ1) is 7.77. The lowest BCUT2D eigenvalue weighted by atomic mass is 10.8. The lowest BCUT2D eigenvalue weighted by Crippen LogP contribution is -1.94. The Balaban J connectivity index is 0.000000640. The van der Waals surface area contributed by atoms with Gasteiger partial charge in [0.05, 0.1) is 6.20 Å². The highest BCUT2D eigenvalue weighted by Crippen LogP contribution is 2.06. The summed E-state index contributed by atoms with van der Waals surface area (Å²) >= 11 is 0. The lowest BCUT2D eigenvalue weighted by Gasteiger charge is -1.86. The Hall–Kier alpha value is -1.23. The first-order valence-electron chi connectivity index (χ1n) is 2.18. The van der Waals surface area contributed by atoms with Gasteiger partial charge in [-0.2, -0.15) is 4.98 Å². The molecule has 0 atom stereocenters. The van der Waals surface area contributed by atoms with E-state index in [1.54, 1.807) is 7.05 Å². The number of aromatic hydroxyl groups is 1. The Bertz CT molecular complexity index is 176. The minimum Gasteiger partial charge on any atom is -0.492 e. The maximum Gasteiger partial charge on any atom is 0.230 e. The largest absolute Gasteiger partial charge is 0.492 e. The van der Waals surface area contributed by atoms with Crippen molar-refractivity contribution in [3.05, 3.63) is 6.20 Å². The van der Waals surface area contributed by atoms with Crippen molar-refractivity contribution in [1.82, 2.24) is 9.55 Å². The second-order valence-corrected chi connectivity index (χ2v) is 1.57. The summed E-state index contributed by atoms with van der Waals surface area (Å²) in [6.45, 7) is 0. The molecular weight excluding hydrogens is 122 g/mol. The van der Waals surface area contributed by atoms with Crippen LogP contribution in [0.25, 0.3) is 0 Å². The molecule has 0 aromatic carbocycles. The average molecular weight is 131 g/mol. The summed E-state index contributed by atoms with van der Waals surface area (Å²) in [4.78, 5) is 3.51. The van der Waals surface area contributed by atoms with Crippen molar-refractivity contribution < 1.29 is 10.6 Å². The zero-order chi connectivity index (χ0) is 6.15. The van der Waals surface area contributed by atoms with E-state index in [0.717, 1.165) is 0 Å². The molecule has 0 aliphatic heterocycles. The van der Waals surface area contributed by atoms with Crippen LogP contribution in [0, 0.1) is 0 Å². The van der Waals surface area contributed by atoms with Crippen LogP contribution in [0.2, 0.25) is 0 Å². The number of imidazole rings is 1. The van der Waals surface area contributed by atoms with Crippen LogP contribution in [0.3, 0.4) is 0 Å². The van der Waals surface area contributed by atoms with E-state index in [2.05, 4.69) is 4.98 Å². The van der Waals surface area contributed by atoms with Crippen LogP contribution in [-0.4, -0.2) is 20.1 Å². The van der Waals surface area contributed by atoms with E-state index >= 15 is 0 Å². The van der Waals surface area contributed by atoms with Gasteiger partial charge in [0, 0.05) is 7.05 Å². The highest BCUT2D eigenvalue weighted by molar-refractivity contribution is 5.23. The van der Waals surface area contributed by atoms with E-state index in [1.165, 1.54) is 10.8 Å². The Morgan fingerprint density at radius 3 is 2.44 bits per heavy atom. The number of rotatable bonds is 0. The molecular formula is C4H9N3O2. The number of nitrogens with two attached hydrogens (primary N) is 1. The van der Waals surface area contributed by atoms with E-state index in [1.807, 2.05) is 0 Å². The van der Waals surface area contributed by atoms with E-state index < -0.39 is 0 Å². The Morgan fingerprint density at radius 1 is 1.78 bits per heavy atom. The van der Waals surface area contributed by atoms with Crippen molar-refractivity contribution in [3.8, 4) is 5.88 Å². The Labute approximate surface area is 52.1 Å². The van der Waals surface area contributed by atoms with Crippen LogP contribution < -0.4 is 5.73 Å². The molecule has 0 amide bonds. The van der Waals surface area contributed by atoms with Crippen LogP contribution in [0.4, 0.5) is 5.95 Å². The van der Waals surface area contributed by atoms with E-state index in [4.69, 9.17) is 10.8 Å². The zero-order valence-corrected chi connectivity index (χ0v) is 5.00. The van der Waals surface area contributed by atoms with Crippen molar-refractivity contribution in [3.63, 3.8) is 0 Å². The number of aryl methyl sites for hydroxylation is 1. The van der Waals surface area contributed by atoms with Gasteiger partial charge >= 0.3 is 0 Å². The van der Waals surface area contributed by atoms with Crippen molar-refractivity contribution in [2.45, 2.75) is 0 Å². The number of hydrogen-bond acceptors (Lipinski definition) is 3. The summed E-state index contributed by atoms with van der Waals surface area (Å²) in [7, 11) is 1.71. The van der Waals surface area contributed by atoms with Crippen molar-refractivity contribution in [2.24, 2.45) is 7.05 Å². The van der Waals surface area contributed by atoms with Crippen molar-refractivity contribution >= 4 is 5.95 Å². The normalized spacial score (nSPS) is 8.56. The van der Waals surface area contributed by atoms with Crippen LogP contribution in [0.1, 0.15) is 0 Å². The molecule has 0 aliphatic carbocycles. The second kappa shape index (κ2) is 2.36. The van der Waals surface area contributed by atoms with E-state index in [9.17, 15) is 0 Å². The van der Waals surface area contributed by atoms with Crippen LogP contribution in [-0.2, 0) is 7.05 Å². The number of nitrogen functional groups attached to an aromatic ring is 1. The standard InChI is InChI=1S/C4H7N3O.H2O/c1-7-2-3(8)6-4(7)5;/h2,8H,1H3,(H2,5,6);1H2. The molecule has 1 heterocycles. The van der Waals surface area contributed by atoms with Gasteiger partial charge in [0.1, 0.15) is 0 Å². The van der Waals surface area contributed by atoms with Gasteiger partial charge in [-0.1, -0.05) is 0 Å². The average Bonchev–Trinajstić information content (AvgIpc) is 1.85. The Morgan fingerprint density at radius 2 is 2.33 bits per heavy atom. The maximum atomic E-state index is 8.62. The zero-order valence-electron chi connectivity index (χ0n) is 5.00. The monoisotopic (exact) mass is 131 g/mol. The van der Waals surface area contributed by atoms with E-state index in [-0.39, 0.29) is 11.4 Å². The quantitative estimate of drug-likeness (QED) is 0.467. The van der Waals surface area contributed by atoms with Gasteiger partial charge in [-0.25, -0.2) is 0 Å². The molecule has 1 aromatic rings. The molecule has 52 valence electrons. The van der Waals surface area contributed by atoms with Crippen LogP contribution in [0.5, 0.6) is 5.88 Å². The van der Waals surface area contributed by atoms with Gasteiger partial charge in [-0.15, -0.1) is 0 Å². The topological polar surface area (TPSA) is 95.6 Å². The fourth-order valence-electron chi connectivity index (χ4n) is 0.464. The number of hydrogen-bond donors (Lipinski definition) is 2. The van der Waals surface area contributed by atoms with Crippen molar-refractivity contribution in [2.75, 3.05) is 5.73 Å². The number of nitrogens with zero attached hydrogens (tertiary/aromatic N) is 2. The predicted octanol–water partition coefficient (Wildman–Crippen LogP) is -1.12. The number of anilines is 1. The SMILES string of the molecule is Cn1cc(O)nc1N.O. The minimum absolute atomic E-state index is 0. The van der Waals surface area contributed by atoms with Crippen LogP contribution in [0.15, 0.2) is 6.20 Å². The van der Waals surface area contributed by atoms with Gasteiger partial charge < -0.3 is 20.9 Å².